The summed E-state index contributed by atoms with van der Waals surface area (Å²) < 4.78 is 8.92. The zero-order valence-corrected chi connectivity index (χ0v) is 10.4. The minimum atomic E-state index is -0.393. The Hall–Kier alpha value is -2.22. The largest absolute Gasteiger partial charge is 0.493 e. The molecule has 18 heavy (non-hydrogen) atoms. The average molecular weight is 265 g/mol. The third-order valence-electron chi connectivity index (χ3n) is 2.11. The third kappa shape index (κ3) is 2.54. The van der Waals surface area contributed by atoms with Crippen LogP contribution in [-0.4, -0.2) is 27.3 Å². The number of nitrogens with zero attached hydrogens (tertiary/aromatic N) is 3. The van der Waals surface area contributed by atoms with Gasteiger partial charge in [-0.1, -0.05) is 15.7 Å². The monoisotopic (exact) mass is 265 g/mol. The van der Waals surface area contributed by atoms with Crippen LogP contribution in [0, 0.1) is 0 Å². The van der Waals surface area contributed by atoms with Crippen molar-refractivity contribution in [1.82, 2.24) is 14.8 Å². The molecule has 8 heteroatoms. The Morgan fingerprint density at radius 1 is 1.56 bits per heavy atom. The number of ether oxygens (including phenoxy) is 1. The molecule has 1 aromatic heterocycles. The number of nitrogen functional groups attached to an aromatic ring is 1. The molecule has 0 bridgehead atoms. The van der Waals surface area contributed by atoms with Crippen LogP contribution in [0.2, 0.25) is 0 Å². The van der Waals surface area contributed by atoms with Gasteiger partial charge in [0.15, 0.2) is 0 Å². The molecule has 0 radical (unpaired) electrons. The fourth-order valence-corrected chi connectivity index (χ4v) is 1.77. The molecule has 2 rings (SSSR count). The Kier molecular flexibility index (Phi) is 3.68. The Morgan fingerprint density at radius 3 is 3.06 bits per heavy atom. The lowest BCUT2D eigenvalue weighted by Crippen LogP contribution is -2.15. The van der Waals surface area contributed by atoms with Crippen molar-refractivity contribution >= 4 is 28.3 Å². The maximum Gasteiger partial charge on any atom is 0.263 e. The van der Waals surface area contributed by atoms with Crippen molar-refractivity contribution in [3.8, 4) is 5.75 Å². The number of carbonyl (C=O) groups is 1. The van der Waals surface area contributed by atoms with Crippen molar-refractivity contribution in [2.45, 2.75) is 6.92 Å². The van der Waals surface area contributed by atoms with E-state index in [1.165, 1.54) is 0 Å². The van der Waals surface area contributed by atoms with Crippen molar-refractivity contribution in [1.29, 1.82) is 0 Å². The number of anilines is 2. The highest BCUT2D eigenvalue weighted by atomic mass is 32.1. The lowest BCUT2D eigenvalue weighted by molar-refractivity contribution is 0.102. The molecular weight excluding hydrogens is 254 g/mol. The van der Waals surface area contributed by atoms with Crippen LogP contribution in [0.15, 0.2) is 18.2 Å². The summed E-state index contributed by atoms with van der Waals surface area (Å²) in [5.74, 6) is 0.0441. The number of aromatic nitrogens is 3. The molecule has 2 aromatic rings. The van der Waals surface area contributed by atoms with Crippen LogP contribution >= 0.6 is 11.5 Å². The van der Waals surface area contributed by atoms with E-state index in [0.717, 1.165) is 11.5 Å². The van der Waals surface area contributed by atoms with E-state index in [1.54, 1.807) is 18.2 Å². The lowest BCUT2D eigenvalue weighted by Gasteiger charge is -2.11. The fraction of sp³-hybridized carbons (Fsp3) is 0.200. The van der Waals surface area contributed by atoms with Gasteiger partial charge in [0.05, 0.1) is 6.61 Å². The number of rotatable bonds is 4. The van der Waals surface area contributed by atoms with Gasteiger partial charge in [-0.05, 0) is 24.3 Å². The Morgan fingerprint density at radius 2 is 2.39 bits per heavy atom. The first-order chi connectivity index (χ1) is 8.72. The zero-order chi connectivity index (χ0) is 13.0. The molecule has 1 amide bonds. The highest BCUT2D eigenvalue weighted by Crippen LogP contribution is 2.25. The van der Waals surface area contributed by atoms with Crippen LogP contribution in [0.5, 0.6) is 5.75 Å². The summed E-state index contributed by atoms with van der Waals surface area (Å²) in [6.07, 6.45) is 0. The smallest absolute Gasteiger partial charge is 0.263 e. The second kappa shape index (κ2) is 5.41. The van der Waals surface area contributed by atoms with Crippen LogP contribution in [-0.2, 0) is 0 Å². The van der Waals surface area contributed by atoms with E-state index in [0.29, 0.717) is 23.2 Å². The first-order valence-corrected chi connectivity index (χ1v) is 5.97. The summed E-state index contributed by atoms with van der Waals surface area (Å²) in [7, 11) is 0. The Labute approximate surface area is 107 Å². The van der Waals surface area contributed by atoms with Gasteiger partial charge in [-0.2, -0.15) is 0 Å². The number of hydrogen-bond donors (Lipinski definition) is 2. The summed E-state index contributed by atoms with van der Waals surface area (Å²) in [5, 5.41) is 9.89. The van der Waals surface area contributed by atoms with Gasteiger partial charge in [-0.25, -0.2) is 0 Å². The normalized spacial score (nSPS) is 10.1. The third-order valence-corrected chi connectivity index (χ3v) is 2.62. The van der Waals surface area contributed by atoms with Gasteiger partial charge in [0.2, 0.25) is 5.13 Å². The van der Waals surface area contributed by atoms with Crippen molar-refractivity contribution in [3.63, 3.8) is 0 Å². The standard InChI is InChI=1S/C10H11N5O2S/c1-2-17-7-5-3-4-6(11)8(7)9(16)12-10-13-14-15-18-10/h3-5H,2,11H2,1H3,(H,12,13,15,16). The molecule has 0 aliphatic rings. The average Bonchev–Trinajstić information content (AvgIpc) is 2.82. The molecule has 94 valence electrons. The van der Waals surface area contributed by atoms with Gasteiger partial charge in [0, 0.05) is 17.2 Å². The minimum absolute atomic E-state index is 0.287. The van der Waals surface area contributed by atoms with Crippen molar-refractivity contribution in [3.05, 3.63) is 23.8 Å². The van der Waals surface area contributed by atoms with E-state index in [-0.39, 0.29) is 5.56 Å². The predicted molar refractivity (Wildman–Crippen MR) is 67.7 cm³/mol. The van der Waals surface area contributed by atoms with Gasteiger partial charge >= 0.3 is 0 Å². The Balaban J connectivity index is 2.28. The minimum Gasteiger partial charge on any atom is -0.493 e. The number of amides is 1. The molecule has 0 saturated carbocycles. The van der Waals surface area contributed by atoms with Gasteiger partial charge in [-0.3, -0.25) is 10.1 Å². The number of nitrogens with two attached hydrogens (primary N) is 1. The predicted octanol–water partition coefficient (Wildman–Crippen LogP) is 1.17. The molecule has 0 aliphatic carbocycles. The SMILES string of the molecule is CCOc1cccc(N)c1C(=O)Nc1nnns1. The van der Waals surface area contributed by atoms with E-state index in [9.17, 15) is 4.79 Å². The molecule has 0 unspecified atom stereocenters. The van der Waals surface area contributed by atoms with Crippen LogP contribution in [0.3, 0.4) is 0 Å². The number of carbonyl (C=O) groups excluding carboxylic acids is 1. The summed E-state index contributed by atoms with van der Waals surface area (Å²) >= 11 is 0.985. The van der Waals surface area contributed by atoms with E-state index in [1.807, 2.05) is 6.92 Å². The first-order valence-electron chi connectivity index (χ1n) is 5.20. The summed E-state index contributed by atoms with van der Waals surface area (Å²) in [6.45, 7) is 2.28. The molecule has 7 nitrogen and oxygen atoms in total. The molecule has 3 N–H and O–H groups in total. The van der Waals surface area contributed by atoms with E-state index >= 15 is 0 Å². The molecular formula is C10H11N5O2S. The summed E-state index contributed by atoms with van der Waals surface area (Å²) in [4.78, 5) is 12.1. The van der Waals surface area contributed by atoms with Crippen LogP contribution in [0.25, 0.3) is 0 Å². The molecule has 0 fully saturated rings. The van der Waals surface area contributed by atoms with Gasteiger partial charge in [-0.15, -0.1) is 0 Å². The first kappa shape index (κ1) is 12.2. The highest BCUT2D eigenvalue weighted by Gasteiger charge is 2.17. The van der Waals surface area contributed by atoms with E-state index in [2.05, 4.69) is 20.1 Å². The number of hydrogen-bond acceptors (Lipinski definition) is 7. The second-order valence-corrected chi connectivity index (χ2v) is 4.01. The van der Waals surface area contributed by atoms with Crippen molar-refractivity contribution in [2.75, 3.05) is 17.7 Å². The van der Waals surface area contributed by atoms with Crippen LogP contribution in [0.1, 0.15) is 17.3 Å². The quantitative estimate of drug-likeness (QED) is 0.804. The molecule has 0 saturated heterocycles. The second-order valence-electron chi connectivity index (χ2n) is 3.28. The van der Waals surface area contributed by atoms with Crippen molar-refractivity contribution in [2.24, 2.45) is 0 Å². The van der Waals surface area contributed by atoms with E-state index in [4.69, 9.17) is 10.5 Å². The Bertz CT molecular complexity index is 543. The van der Waals surface area contributed by atoms with Crippen LogP contribution < -0.4 is 15.8 Å². The highest BCUT2D eigenvalue weighted by molar-refractivity contribution is 7.09. The molecule has 0 aliphatic heterocycles. The summed E-state index contributed by atoms with van der Waals surface area (Å²) in [6, 6.07) is 5.05. The number of benzene rings is 1. The molecule has 1 aromatic carbocycles. The lowest BCUT2D eigenvalue weighted by atomic mass is 10.1. The van der Waals surface area contributed by atoms with Gasteiger partial charge < -0.3 is 10.5 Å². The summed E-state index contributed by atoms with van der Waals surface area (Å²) in [5.41, 5.74) is 6.42. The fourth-order valence-electron chi connectivity index (χ4n) is 1.41. The number of nitrogens with one attached hydrogen (secondary N) is 1. The zero-order valence-electron chi connectivity index (χ0n) is 9.58. The molecule has 0 spiro atoms. The topological polar surface area (TPSA) is 103 Å². The maximum atomic E-state index is 12.1. The molecule has 0 atom stereocenters. The van der Waals surface area contributed by atoms with E-state index < -0.39 is 5.91 Å². The van der Waals surface area contributed by atoms with Crippen molar-refractivity contribution < 1.29 is 9.53 Å². The maximum absolute atomic E-state index is 12.1. The van der Waals surface area contributed by atoms with Gasteiger partial charge in [0.1, 0.15) is 11.3 Å². The molecule has 1 heterocycles. The van der Waals surface area contributed by atoms with Crippen LogP contribution in [0.4, 0.5) is 10.8 Å². The van der Waals surface area contributed by atoms with Gasteiger partial charge in [0.25, 0.3) is 5.91 Å².